The van der Waals surface area contributed by atoms with Crippen molar-refractivity contribution in [3.05, 3.63) is 59.4 Å². The fourth-order valence-electron chi connectivity index (χ4n) is 3.90. The Hall–Kier alpha value is -3.37. The van der Waals surface area contributed by atoms with Gasteiger partial charge in [0.15, 0.2) is 13.2 Å². The molecule has 2 aromatic carbocycles. The summed E-state index contributed by atoms with van der Waals surface area (Å²) in [4.78, 5) is 23.9. The zero-order valence-corrected chi connectivity index (χ0v) is 19.4. The number of nitrogens with one attached hydrogen (secondary N) is 1. The van der Waals surface area contributed by atoms with E-state index >= 15 is 0 Å². The van der Waals surface area contributed by atoms with Gasteiger partial charge in [-0.2, -0.15) is 0 Å². The average Bonchev–Trinajstić information content (AvgIpc) is 3.19. The van der Waals surface area contributed by atoms with Crippen LogP contribution in [0.1, 0.15) is 29.7 Å². The summed E-state index contributed by atoms with van der Waals surface area (Å²) >= 11 is 0. The molecule has 0 spiro atoms. The quantitative estimate of drug-likeness (QED) is 0.442. The van der Waals surface area contributed by atoms with Crippen molar-refractivity contribution in [3.8, 4) is 5.75 Å². The van der Waals surface area contributed by atoms with Gasteiger partial charge in [0.05, 0.1) is 4.90 Å². The van der Waals surface area contributed by atoms with Crippen LogP contribution >= 0.6 is 0 Å². The zero-order chi connectivity index (χ0) is 24.1. The third-order valence-corrected chi connectivity index (χ3v) is 6.56. The molecule has 1 aliphatic rings. The first-order valence-electron chi connectivity index (χ1n) is 11.0. The summed E-state index contributed by atoms with van der Waals surface area (Å²) < 4.78 is 38.9. The Kier molecular flexibility index (Phi) is 7.18. The molecule has 1 aromatic heterocycles. The topological polar surface area (TPSA) is 138 Å². The summed E-state index contributed by atoms with van der Waals surface area (Å²) in [5.41, 5.74) is 2.86. The van der Waals surface area contributed by atoms with Crippen molar-refractivity contribution in [1.82, 2.24) is 5.32 Å². The summed E-state index contributed by atoms with van der Waals surface area (Å²) in [6.45, 7) is -0.424. The van der Waals surface area contributed by atoms with Crippen LogP contribution in [0.2, 0.25) is 0 Å². The summed E-state index contributed by atoms with van der Waals surface area (Å²) in [7, 11) is -3.74. The Labute approximate surface area is 197 Å². The summed E-state index contributed by atoms with van der Waals surface area (Å²) in [6, 6.07) is 11.5. The SMILES string of the molecule is NS(=O)(=O)c1ccc(CCNC(=O)COC(=O)COc2ccc3oc4c(c3c2)CCCC4)cc1. The zero-order valence-electron chi connectivity index (χ0n) is 18.5. The number of carbonyl (C=O) groups is 2. The Morgan fingerprint density at radius 3 is 2.56 bits per heavy atom. The Morgan fingerprint density at radius 1 is 1.03 bits per heavy atom. The number of esters is 1. The molecule has 9 nitrogen and oxygen atoms in total. The minimum atomic E-state index is -3.74. The van der Waals surface area contributed by atoms with E-state index in [9.17, 15) is 18.0 Å². The number of rotatable bonds is 9. The monoisotopic (exact) mass is 486 g/mol. The fraction of sp³-hybridized carbons (Fsp3) is 0.333. The minimum absolute atomic E-state index is 0.0264. The number of benzene rings is 2. The fourth-order valence-corrected chi connectivity index (χ4v) is 4.42. The van der Waals surface area contributed by atoms with Crippen molar-refractivity contribution in [1.29, 1.82) is 0 Å². The van der Waals surface area contributed by atoms with Crippen molar-refractivity contribution in [3.63, 3.8) is 0 Å². The predicted molar refractivity (Wildman–Crippen MR) is 124 cm³/mol. The second kappa shape index (κ2) is 10.3. The largest absolute Gasteiger partial charge is 0.482 e. The average molecular weight is 487 g/mol. The van der Waals surface area contributed by atoms with Crippen molar-refractivity contribution < 1.29 is 31.9 Å². The lowest BCUT2D eigenvalue weighted by atomic mass is 9.96. The van der Waals surface area contributed by atoms with E-state index in [-0.39, 0.29) is 11.5 Å². The van der Waals surface area contributed by atoms with Crippen molar-refractivity contribution in [2.75, 3.05) is 19.8 Å². The molecule has 3 aromatic rings. The number of nitrogens with two attached hydrogens (primary N) is 1. The molecule has 4 rings (SSSR count). The molecule has 34 heavy (non-hydrogen) atoms. The second-order valence-corrected chi connectivity index (χ2v) is 9.67. The van der Waals surface area contributed by atoms with Gasteiger partial charge in [-0.05, 0) is 61.6 Å². The predicted octanol–water partition coefficient (Wildman–Crippen LogP) is 2.24. The van der Waals surface area contributed by atoms with E-state index in [1.807, 2.05) is 12.1 Å². The van der Waals surface area contributed by atoms with Gasteiger partial charge < -0.3 is 19.2 Å². The summed E-state index contributed by atoms with van der Waals surface area (Å²) in [5, 5.41) is 8.72. The van der Waals surface area contributed by atoms with E-state index < -0.39 is 28.5 Å². The molecule has 1 aliphatic carbocycles. The van der Waals surface area contributed by atoms with E-state index in [4.69, 9.17) is 19.0 Å². The van der Waals surface area contributed by atoms with Gasteiger partial charge in [0, 0.05) is 23.9 Å². The third-order valence-electron chi connectivity index (χ3n) is 5.64. The maximum Gasteiger partial charge on any atom is 0.344 e. The molecule has 0 aliphatic heterocycles. The number of carbonyl (C=O) groups excluding carboxylic acids is 2. The highest BCUT2D eigenvalue weighted by molar-refractivity contribution is 7.89. The number of hydrogen-bond donors (Lipinski definition) is 2. The van der Waals surface area contributed by atoms with E-state index in [1.165, 1.54) is 17.7 Å². The first-order valence-corrected chi connectivity index (χ1v) is 12.6. The van der Waals surface area contributed by atoms with Crippen molar-refractivity contribution in [2.45, 2.75) is 37.0 Å². The highest BCUT2D eigenvalue weighted by atomic mass is 32.2. The van der Waals surface area contributed by atoms with E-state index in [0.29, 0.717) is 18.7 Å². The van der Waals surface area contributed by atoms with Crippen LogP contribution in [0.15, 0.2) is 51.8 Å². The first-order chi connectivity index (χ1) is 16.3. The molecule has 180 valence electrons. The van der Waals surface area contributed by atoms with Crippen molar-refractivity contribution in [2.24, 2.45) is 5.14 Å². The van der Waals surface area contributed by atoms with Crippen LogP contribution < -0.4 is 15.2 Å². The molecule has 0 atom stereocenters. The number of primary sulfonamides is 1. The van der Waals surface area contributed by atoms with Crippen LogP contribution in [0, 0.1) is 0 Å². The maximum absolute atomic E-state index is 12.0. The van der Waals surface area contributed by atoms with Gasteiger partial charge in [-0.3, -0.25) is 4.79 Å². The Balaban J connectivity index is 1.18. The molecule has 0 unspecified atom stereocenters. The van der Waals surface area contributed by atoms with Crippen LogP contribution in [0.3, 0.4) is 0 Å². The molecule has 0 saturated heterocycles. The molecule has 0 saturated carbocycles. The Bertz CT molecular complexity index is 1300. The highest BCUT2D eigenvalue weighted by Gasteiger charge is 2.18. The van der Waals surface area contributed by atoms with E-state index in [1.54, 1.807) is 18.2 Å². The van der Waals surface area contributed by atoms with Gasteiger partial charge >= 0.3 is 5.97 Å². The number of aryl methyl sites for hydroxylation is 2. The third kappa shape index (κ3) is 5.95. The second-order valence-electron chi connectivity index (χ2n) is 8.11. The van der Waals surface area contributed by atoms with Crippen LogP contribution in [0.25, 0.3) is 11.0 Å². The number of hydrogen-bond acceptors (Lipinski definition) is 7. The molecule has 3 N–H and O–H groups in total. The number of sulfonamides is 1. The molecule has 10 heteroatoms. The van der Waals surface area contributed by atoms with Crippen LogP contribution in [0.5, 0.6) is 5.75 Å². The lowest BCUT2D eigenvalue weighted by molar-refractivity contribution is -0.150. The van der Waals surface area contributed by atoms with E-state index in [2.05, 4.69) is 5.32 Å². The lowest BCUT2D eigenvalue weighted by Gasteiger charge is -2.09. The van der Waals surface area contributed by atoms with Gasteiger partial charge in [0.2, 0.25) is 10.0 Å². The van der Waals surface area contributed by atoms with Gasteiger partial charge in [-0.25, -0.2) is 18.4 Å². The van der Waals surface area contributed by atoms with Gasteiger partial charge in [0.1, 0.15) is 17.1 Å². The van der Waals surface area contributed by atoms with E-state index in [0.717, 1.165) is 48.0 Å². The number of amides is 1. The maximum atomic E-state index is 12.0. The normalized spacial score (nSPS) is 13.3. The highest BCUT2D eigenvalue weighted by Crippen LogP contribution is 2.33. The number of furan rings is 1. The van der Waals surface area contributed by atoms with Gasteiger partial charge in [-0.15, -0.1) is 0 Å². The lowest BCUT2D eigenvalue weighted by Crippen LogP contribution is -2.31. The molecule has 0 fully saturated rings. The summed E-state index contributed by atoms with van der Waals surface area (Å²) in [5.74, 6) is 0.477. The molecule has 1 amide bonds. The van der Waals surface area contributed by atoms with Gasteiger partial charge in [-0.1, -0.05) is 12.1 Å². The molecule has 1 heterocycles. The smallest absolute Gasteiger partial charge is 0.344 e. The standard InChI is InChI=1S/C24H26N2O7S/c25-34(29,30)18-8-5-16(6-9-18)11-12-26-23(27)14-32-24(28)15-31-17-7-10-22-20(13-17)19-3-1-2-4-21(19)33-22/h5-10,13H,1-4,11-12,14-15H2,(H,26,27)(H2,25,29,30). The van der Waals surface area contributed by atoms with Gasteiger partial charge in [0.25, 0.3) is 5.91 Å². The molecular formula is C24H26N2O7S. The number of ether oxygens (including phenoxy) is 2. The molecule has 0 bridgehead atoms. The van der Waals surface area contributed by atoms with Crippen LogP contribution in [-0.4, -0.2) is 40.1 Å². The molecular weight excluding hydrogens is 460 g/mol. The minimum Gasteiger partial charge on any atom is -0.482 e. The van der Waals surface area contributed by atoms with Crippen LogP contribution in [-0.2, 0) is 43.6 Å². The van der Waals surface area contributed by atoms with Crippen LogP contribution in [0.4, 0.5) is 0 Å². The summed E-state index contributed by atoms with van der Waals surface area (Å²) in [6.07, 6.45) is 4.66. The first kappa shape index (κ1) is 23.8. The Morgan fingerprint density at radius 2 is 1.79 bits per heavy atom. The number of fused-ring (bicyclic) bond motifs is 3. The molecule has 0 radical (unpaired) electrons. The van der Waals surface area contributed by atoms with Crippen molar-refractivity contribution >= 4 is 32.9 Å².